The number of carbonyl (C=O) groups is 2. The van der Waals surface area contributed by atoms with Gasteiger partial charge in [-0.05, 0) is 99.7 Å². The minimum atomic E-state index is -0.0998. The van der Waals surface area contributed by atoms with Crippen molar-refractivity contribution in [3.63, 3.8) is 0 Å². The second kappa shape index (κ2) is 10.8. The van der Waals surface area contributed by atoms with Crippen LogP contribution in [0.4, 0.5) is 0 Å². The van der Waals surface area contributed by atoms with Crippen molar-refractivity contribution in [2.45, 2.75) is 135 Å². The van der Waals surface area contributed by atoms with Gasteiger partial charge in [-0.1, -0.05) is 13.8 Å². The molecule has 0 aromatic heterocycles. The molecule has 0 bridgehead atoms. The lowest BCUT2D eigenvalue weighted by Gasteiger charge is -2.63. The fourth-order valence-corrected chi connectivity index (χ4v) is 12.3. The van der Waals surface area contributed by atoms with Gasteiger partial charge in [0.15, 0.2) is 12.2 Å². The molecule has 4 saturated carbocycles. The molecule has 0 aromatic rings. The quantitative estimate of drug-likeness (QED) is 0.301. The second-order valence-corrected chi connectivity index (χ2v) is 16.7. The Morgan fingerprint density at radius 2 is 1.27 bits per heavy atom. The highest BCUT2D eigenvalue weighted by Gasteiger charge is 2.68. The molecule has 0 N–H and O–H groups in total. The van der Waals surface area contributed by atoms with E-state index in [1.54, 1.807) is 13.8 Å². The number of carbonyl (C=O) groups excluding carboxylic acids is 2. The summed E-state index contributed by atoms with van der Waals surface area (Å²) >= 11 is 0. The fraction of sp³-hybridized carbons (Fsp3) is 0.943. The molecule has 6 fully saturated rings. The lowest BCUT2D eigenvalue weighted by molar-refractivity contribution is -0.943. The normalized spacial score (nSPS) is 46.9. The van der Waals surface area contributed by atoms with E-state index in [1.165, 1.54) is 103 Å². The summed E-state index contributed by atoms with van der Waals surface area (Å²) in [6.07, 6.45) is 16.4. The molecular weight excluding hydrogens is 512 g/mol. The molecule has 0 radical (unpaired) electrons. The van der Waals surface area contributed by atoms with Crippen molar-refractivity contribution in [3.8, 4) is 0 Å². The highest BCUT2D eigenvalue weighted by atomic mass is 16.5. The van der Waals surface area contributed by atoms with Gasteiger partial charge in [-0.3, -0.25) is 9.59 Å². The van der Waals surface area contributed by atoms with Crippen LogP contribution in [0.25, 0.3) is 0 Å². The molecule has 6 rings (SSSR count). The number of piperidine rings is 2. The molecular formula is C35H60N2O4+2. The number of hydrogen-bond acceptors (Lipinski definition) is 4. The number of likely N-dealkylation sites (tertiary alicyclic amines) is 2. The highest BCUT2D eigenvalue weighted by Crippen LogP contribution is 2.68. The number of rotatable bonds is 4. The summed E-state index contributed by atoms with van der Waals surface area (Å²) in [5.41, 5.74) is 0.377. The van der Waals surface area contributed by atoms with E-state index in [0.29, 0.717) is 35.3 Å². The topological polar surface area (TPSA) is 52.6 Å². The molecule has 0 spiro atoms. The fourth-order valence-electron chi connectivity index (χ4n) is 12.3. The zero-order valence-electron chi connectivity index (χ0n) is 27.2. The minimum absolute atomic E-state index is 0.0462. The van der Waals surface area contributed by atoms with Crippen LogP contribution in [-0.4, -0.2) is 85.5 Å². The van der Waals surface area contributed by atoms with Crippen LogP contribution in [0.2, 0.25) is 0 Å². The number of fused-ring (bicyclic) bond motifs is 5. The summed E-state index contributed by atoms with van der Waals surface area (Å²) in [6.45, 7) is 13.3. The van der Waals surface area contributed by atoms with Crippen molar-refractivity contribution in [2.75, 3.05) is 40.3 Å². The van der Waals surface area contributed by atoms with E-state index in [9.17, 15) is 9.59 Å². The van der Waals surface area contributed by atoms with Crippen LogP contribution in [0.3, 0.4) is 0 Å². The van der Waals surface area contributed by atoms with Gasteiger partial charge in [-0.2, -0.15) is 0 Å². The van der Waals surface area contributed by atoms with Gasteiger partial charge < -0.3 is 18.4 Å². The van der Waals surface area contributed by atoms with E-state index in [1.807, 2.05) is 0 Å². The molecule has 6 nitrogen and oxygen atoms in total. The lowest BCUT2D eigenvalue weighted by Crippen LogP contribution is -2.66. The first-order valence-corrected chi connectivity index (χ1v) is 17.4. The van der Waals surface area contributed by atoms with Gasteiger partial charge >= 0.3 is 11.9 Å². The Bertz CT molecular complexity index is 1000. The standard InChI is InChI=1S/C35H60N2O4/c1-24(38)40-32-21-26-13-14-27-28(35(26,4)23-31(32)37(6)19-11-8-12-20-37)15-16-34(3)29(27)22-30(33(34)41-25(2)39)36(5)17-9-7-10-18-36/h26-33H,7-23H2,1-6H3/q+2/t26-,27+,28-,29-,30-,31+,32-,33+,34-,35-/m0/s1. The van der Waals surface area contributed by atoms with Crippen LogP contribution < -0.4 is 0 Å². The van der Waals surface area contributed by atoms with E-state index in [2.05, 4.69) is 27.9 Å². The van der Waals surface area contributed by atoms with Crippen LogP contribution in [0, 0.1) is 34.5 Å². The maximum Gasteiger partial charge on any atom is 0.303 e. The number of ether oxygens (including phenoxy) is 2. The number of hydrogen-bond donors (Lipinski definition) is 0. The molecule has 232 valence electrons. The number of likely N-dealkylation sites (N-methyl/N-ethyl adjacent to an activating group) is 2. The van der Waals surface area contributed by atoms with Crippen molar-refractivity contribution in [1.29, 1.82) is 0 Å². The number of esters is 2. The summed E-state index contributed by atoms with van der Waals surface area (Å²) in [6, 6.07) is 0.846. The van der Waals surface area contributed by atoms with Gasteiger partial charge in [0.25, 0.3) is 0 Å². The first kappa shape index (κ1) is 29.9. The van der Waals surface area contributed by atoms with E-state index in [4.69, 9.17) is 9.47 Å². The van der Waals surface area contributed by atoms with Gasteiger partial charge in [-0.25, -0.2) is 0 Å². The Hall–Kier alpha value is -1.14. The van der Waals surface area contributed by atoms with E-state index >= 15 is 0 Å². The first-order valence-electron chi connectivity index (χ1n) is 17.4. The maximum absolute atomic E-state index is 12.5. The van der Waals surface area contributed by atoms with Gasteiger partial charge in [0.1, 0.15) is 12.1 Å². The van der Waals surface area contributed by atoms with E-state index in [-0.39, 0.29) is 29.6 Å². The van der Waals surface area contributed by atoms with Crippen molar-refractivity contribution in [3.05, 3.63) is 0 Å². The third kappa shape index (κ3) is 4.99. The van der Waals surface area contributed by atoms with Crippen LogP contribution in [0.1, 0.15) is 111 Å². The van der Waals surface area contributed by atoms with Crippen molar-refractivity contribution in [1.82, 2.24) is 0 Å². The third-order valence-corrected chi connectivity index (χ3v) is 14.5. The van der Waals surface area contributed by atoms with Crippen LogP contribution in [0.15, 0.2) is 0 Å². The van der Waals surface area contributed by atoms with Crippen molar-refractivity contribution < 1.29 is 28.0 Å². The third-order valence-electron chi connectivity index (χ3n) is 14.5. The number of nitrogens with zero attached hydrogens (tertiary/aromatic N) is 2. The lowest BCUT2D eigenvalue weighted by atomic mass is 9.44. The average molecular weight is 573 g/mol. The Morgan fingerprint density at radius 1 is 0.683 bits per heavy atom. The molecule has 4 aliphatic carbocycles. The highest BCUT2D eigenvalue weighted by molar-refractivity contribution is 5.66. The molecule has 10 atom stereocenters. The molecule has 2 aliphatic heterocycles. The largest absolute Gasteiger partial charge is 0.456 e. The van der Waals surface area contributed by atoms with Gasteiger partial charge in [0.05, 0.1) is 40.3 Å². The second-order valence-electron chi connectivity index (χ2n) is 16.7. The van der Waals surface area contributed by atoms with Gasteiger partial charge in [0.2, 0.25) is 0 Å². The monoisotopic (exact) mass is 572 g/mol. The molecule has 41 heavy (non-hydrogen) atoms. The summed E-state index contributed by atoms with van der Waals surface area (Å²) in [7, 11) is 4.94. The molecule has 0 aromatic carbocycles. The first-order chi connectivity index (χ1) is 19.4. The molecule has 2 heterocycles. The summed E-state index contributed by atoms with van der Waals surface area (Å²) < 4.78 is 14.7. The number of quaternary nitrogens is 2. The molecule has 0 unspecified atom stereocenters. The Balaban J connectivity index is 1.31. The molecule has 2 saturated heterocycles. The van der Waals surface area contributed by atoms with Crippen LogP contribution >= 0.6 is 0 Å². The predicted molar refractivity (Wildman–Crippen MR) is 161 cm³/mol. The summed E-state index contributed by atoms with van der Waals surface area (Å²) in [5.74, 6) is 2.52. The Morgan fingerprint density at radius 3 is 1.85 bits per heavy atom. The Kier molecular flexibility index (Phi) is 7.87. The smallest absolute Gasteiger partial charge is 0.303 e. The SMILES string of the molecule is CC(=O)O[C@H]1C[C@@H]2CC[C@@H]3[C@H](CC[C@]4(C)[C@H](OC(C)=O)[C@@H]([N+]5(C)CCCCC5)C[C@@H]34)[C@@]2(C)C[C@H]1[N+]1(C)CCCCC1. The van der Waals surface area contributed by atoms with E-state index < -0.39 is 0 Å². The van der Waals surface area contributed by atoms with E-state index in [0.717, 1.165) is 21.3 Å². The zero-order valence-corrected chi connectivity index (χ0v) is 27.2. The minimum Gasteiger partial charge on any atom is -0.456 e. The van der Waals surface area contributed by atoms with Crippen molar-refractivity contribution >= 4 is 11.9 Å². The Labute approximate surface area is 250 Å². The van der Waals surface area contributed by atoms with Gasteiger partial charge in [0, 0.05) is 32.1 Å². The predicted octanol–water partition coefficient (Wildman–Crippen LogP) is 6.11. The zero-order chi connectivity index (χ0) is 29.2. The molecule has 0 amide bonds. The van der Waals surface area contributed by atoms with Gasteiger partial charge in [-0.15, -0.1) is 0 Å². The summed E-state index contributed by atoms with van der Waals surface area (Å²) in [5, 5.41) is 0. The van der Waals surface area contributed by atoms with Crippen LogP contribution in [0.5, 0.6) is 0 Å². The molecule has 6 aliphatic rings. The summed E-state index contributed by atoms with van der Waals surface area (Å²) in [4.78, 5) is 24.8. The van der Waals surface area contributed by atoms with Crippen molar-refractivity contribution in [2.24, 2.45) is 34.5 Å². The van der Waals surface area contributed by atoms with Crippen LogP contribution in [-0.2, 0) is 19.1 Å². The average Bonchev–Trinajstić information content (AvgIpc) is 3.21. The molecule has 6 heteroatoms. The maximum atomic E-state index is 12.5.